The van der Waals surface area contributed by atoms with Crippen LogP contribution >= 0.6 is 31.9 Å². The van der Waals surface area contributed by atoms with Crippen LogP contribution in [-0.2, 0) is 0 Å². The van der Waals surface area contributed by atoms with Crippen LogP contribution in [0.2, 0.25) is 0 Å². The van der Waals surface area contributed by atoms with Crippen molar-refractivity contribution in [3.8, 4) is 0 Å². The Kier molecular flexibility index (Phi) is 3.71. The van der Waals surface area contributed by atoms with E-state index in [-0.39, 0.29) is 0 Å². The van der Waals surface area contributed by atoms with Gasteiger partial charge in [-0.15, -0.1) is 0 Å². The number of hydrogen-bond acceptors (Lipinski definition) is 2. The summed E-state index contributed by atoms with van der Waals surface area (Å²) in [4.78, 5) is 0. The van der Waals surface area contributed by atoms with E-state index in [0.29, 0.717) is 5.76 Å². The zero-order valence-corrected chi connectivity index (χ0v) is 13.9. The molecule has 0 amide bonds. The molecule has 20 heavy (non-hydrogen) atoms. The number of para-hydroxylation sites is 1. The minimum Gasteiger partial charge on any atom is -0.458 e. The van der Waals surface area contributed by atoms with Crippen molar-refractivity contribution in [3.63, 3.8) is 0 Å². The standard InChI is InChI=1S/C16H12Br2O2/c1-9-3-2-4-10-7-14(20-16(9)10)15(19)12-6-5-11(17)8-13(12)18/h2-8,15,19H,1H3. The second-order valence-electron chi connectivity index (χ2n) is 4.71. The number of aliphatic hydroxyl groups excluding tert-OH is 1. The lowest BCUT2D eigenvalue weighted by molar-refractivity contribution is 0.191. The Balaban J connectivity index is 2.08. The summed E-state index contributed by atoms with van der Waals surface area (Å²) in [5.41, 5.74) is 2.68. The molecule has 0 radical (unpaired) electrons. The molecule has 1 unspecified atom stereocenters. The van der Waals surface area contributed by atoms with Crippen LogP contribution in [0.15, 0.2) is 55.8 Å². The lowest BCUT2D eigenvalue weighted by Crippen LogP contribution is -1.98. The maximum absolute atomic E-state index is 10.5. The number of furan rings is 1. The van der Waals surface area contributed by atoms with Gasteiger partial charge in [0, 0.05) is 19.9 Å². The van der Waals surface area contributed by atoms with Crippen LogP contribution < -0.4 is 0 Å². The molecular weight excluding hydrogens is 384 g/mol. The van der Waals surface area contributed by atoms with E-state index in [9.17, 15) is 5.11 Å². The Labute approximate surface area is 133 Å². The molecule has 2 nitrogen and oxygen atoms in total. The van der Waals surface area contributed by atoms with Gasteiger partial charge in [0.25, 0.3) is 0 Å². The molecule has 0 saturated carbocycles. The lowest BCUT2D eigenvalue weighted by Gasteiger charge is -2.10. The second-order valence-corrected chi connectivity index (χ2v) is 6.48. The van der Waals surface area contributed by atoms with Crippen LogP contribution in [0.4, 0.5) is 0 Å². The predicted octanol–water partition coefficient (Wildman–Crippen LogP) is 5.35. The lowest BCUT2D eigenvalue weighted by atomic mass is 10.1. The third-order valence-corrected chi connectivity index (χ3v) is 4.47. The summed E-state index contributed by atoms with van der Waals surface area (Å²) in [5, 5.41) is 11.5. The number of aliphatic hydroxyl groups is 1. The molecule has 0 aliphatic rings. The molecule has 0 aliphatic heterocycles. The number of hydrogen-bond donors (Lipinski definition) is 1. The topological polar surface area (TPSA) is 33.4 Å². The van der Waals surface area contributed by atoms with Crippen molar-refractivity contribution in [2.24, 2.45) is 0 Å². The number of aryl methyl sites for hydroxylation is 1. The largest absolute Gasteiger partial charge is 0.458 e. The molecule has 0 aliphatic carbocycles. The summed E-state index contributed by atoms with van der Waals surface area (Å²) in [7, 11) is 0. The zero-order chi connectivity index (χ0) is 14.3. The second kappa shape index (κ2) is 5.35. The molecule has 102 valence electrons. The quantitative estimate of drug-likeness (QED) is 0.634. The Morgan fingerprint density at radius 2 is 1.90 bits per heavy atom. The third-order valence-electron chi connectivity index (χ3n) is 3.29. The Hall–Kier alpha value is -1.10. The molecule has 3 aromatic rings. The van der Waals surface area contributed by atoms with Crippen molar-refractivity contribution in [2.75, 3.05) is 0 Å². The van der Waals surface area contributed by atoms with Crippen LogP contribution in [0.3, 0.4) is 0 Å². The molecule has 0 fully saturated rings. The summed E-state index contributed by atoms with van der Waals surface area (Å²) >= 11 is 6.88. The first-order valence-corrected chi connectivity index (χ1v) is 7.77. The van der Waals surface area contributed by atoms with Gasteiger partial charge in [-0.25, -0.2) is 0 Å². The van der Waals surface area contributed by atoms with Crippen LogP contribution in [0.5, 0.6) is 0 Å². The highest BCUT2D eigenvalue weighted by molar-refractivity contribution is 9.11. The average molecular weight is 396 g/mol. The maximum Gasteiger partial charge on any atom is 0.138 e. The fourth-order valence-electron chi connectivity index (χ4n) is 2.24. The summed E-state index contributed by atoms with van der Waals surface area (Å²) < 4.78 is 7.62. The van der Waals surface area contributed by atoms with Crippen LogP contribution in [0, 0.1) is 6.92 Å². The monoisotopic (exact) mass is 394 g/mol. The van der Waals surface area contributed by atoms with Crippen molar-refractivity contribution in [2.45, 2.75) is 13.0 Å². The molecule has 0 saturated heterocycles. The fourth-order valence-corrected chi connectivity index (χ4v) is 3.50. The van der Waals surface area contributed by atoms with Gasteiger partial charge in [0.15, 0.2) is 0 Å². The Bertz CT molecular complexity index is 777. The van der Waals surface area contributed by atoms with E-state index >= 15 is 0 Å². The first-order chi connectivity index (χ1) is 9.56. The number of benzene rings is 2. The molecule has 2 aromatic carbocycles. The van der Waals surface area contributed by atoms with Gasteiger partial charge in [-0.1, -0.05) is 56.1 Å². The molecule has 1 N–H and O–H groups in total. The smallest absolute Gasteiger partial charge is 0.138 e. The van der Waals surface area contributed by atoms with Gasteiger partial charge in [0.2, 0.25) is 0 Å². The van der Waals surface area contributed by atoms with E-state index in [1.54, 1.807) is 0 Å². The number of rotatable bonds is 2. The van der Waals surface area contributed by atoms with E-state index < -0.39 is 6.10 Å². The highest BCUT2D eigenvalue weighted by Crippen LogP contribution is 2.34. The Morgan fingerprint density at radius 1 is 1.10 bits per heavy atom. The summed E-state index contributed by atoms with van der Waals surface area (Å²) in [6.45, 7) is 2.00. The van der Waals surface area contributed by atoms with Gasteiger partial charge in [-0.2, -0.15) is 0 Å². The van der Waals surface area contributed by atoms with Gasteiger partial charge in [0.1, 0.15) is 17.4 Å². The number of halogens is 2. The minimum atomic E-state index is -0.788. The fraction of sp³-hybridized carbons (Fsp3) is 0.125. The average Bonchev–Trinajstić information content (AvgIpc) is 2.83. The third kappa shape index (κ3) is 2.43. The minimum absolute atomic E-state index is 0.553. The molecule has 0 bridgehead atoms. The van der Waals surface area contributed by atoms with Gasteiger partial charge < -0.3 is 9.52 Å². The van der Waals surface area contributed by atoms with Crippen molar-refractivity contribution < 1.29 is 9.52 Å². The first kappa shape index (κ1) is 13.9. The van der Waals surface area contributed by atoms with Crippen molar-refractivity contribution in [3.05, 3.63) is 68.3 Å². The molecule has 1 aromatic heterocycles. The Morgan fingerprint density at radius 3 is 2.60 bits per heavy atom. The van der Waals surface area contributed by atoms with E-state index in [4.69, 9.17) is 4.42 Å². The first-order valence-electron chi connectivity index (χ1n) is 6.18. The van der Waals surface area contributed by atoms with E-state index in [0.717, 1.165) is 31.0 Å². The summed E-state index contributed by atoms with van der Waals surface area (Å²) in [6.07, 6.45) is -0.788. The van der Waals surface area contributed by atoms with Crippen molar-refractivity contribution in [1.82, 2.24) is 0 Å². The van der Waals surface area contributed by atoms with Crippen LogP contribution in [0.1, 0.15) is 23.0 Å². The zero-order valence-electron chi connectivity index (χ0n) is 10.7. The maximum atomic E-state index is 10.5. The molecule has 1 atom stereocenters. The normalized spacial score (nSPS) is 12.8. The van der Waals surface area contributed by atoms with Crippen molar-refractivity contribution >= 4 is 42.8 Å². The van der Waals surface area contributed by atoms with Crippen molar-refractivity contribution in [1.29, 1.82) is 0 Å². The highest BCUT2D eigenvalue weighted by Gasteiger charge is 2.18. The summed E-state index contributed by atoms with van der Waals surface area (Å²) in [6, 6.07) is 13.5. The molecule has 0 spiro atoms. The van der Waals surface area contributed by atoms with E-state index in [2.05, 4.69) is 31.9 Å². The van der Waals surface area contributed by atoms with Crippen LogP contribution in [-0.4, -0.2) is 5.11 Å². The van der Waals surface area contributed by atoms with E-state index in [1.807, 2.05) is 49.4 Å². The van der Waals surface area contributed by atoms with Gasteiger partial charge in [0.05, 0.1) is 0 Å². The van der Waals surface area contributed by atoms with E-state index in [1.165, 1.54) is 0 Å². The molecule has 1 heterocycles. The summed E-state index contributed by atoms with van der Waals surface area (Å²) in [5.74, 6) is 0.553. The predicted molar refractivity (Wildman–Crippen MR) is 86.9 cm³/mol. The van der Waals surface area contributed by atoms with Gasteiger partial charge in [-0.3, -0.25) is 0 Å². The molecule has 4 heteroatoms. The number of fused-ring (bicyclic) bond motifs is 1. The molecular formula is C16H12Br2O2. The SMILES string of the molecule is Cc1cccc2cc(C(O)c3ccc(Br)cc3Br)oc12. The van der Waals surface area contributed by atoms with Gasteiger partial charge in [-0.05, 0) is 30.7 Å². The van der Waals surface area contributed by atoms with Crippen LogP contribution in [0.25, 0.3) is 11.0 Å². The highest BCUT2D eigenvalue weighted by atomic mass is 79.9. The molecule has 3 rings (SSSR count). The van der Waals surface area contributed by atoms with Gasteiger partial charge >= 0.3 is 0 Å².